The highest BCUT2D eigenvalue weighted by atomic mass is 32.2. The van der Waals surface area contributed by atoms with Crippen molar-refractivity contribution in [3.05, 3.63) is 12.2 Å². The lowest BCUT2D eigenvalue weighted by atomic mass is 10.2. The summed E-state index contributed by atoms with van der Waals surface area (Å²) in [6, 6.07) is 0. The van der Waals surface area contributed by atoms with Crippen LogP contribution in [-0.2, 0) is 38.7 Å². The zero-order chi connectivity index (χ0) is 22.6. The quantitative estimate of drug-likeness (QED) is 0.175. The van der Waals surface area contributed by atoms with E-state index in [9.17, 15) is 44.8 Å². The maximum Gasteiger partial charge on any atom is 0.468 e. The molecule has 0 saturated carbocycles. The number of esters is 2. The summed E-state index contributed by atoms with van der Waals surface area (Å²) in [6.07, 6.45) is -7.95. The third-order valence-electron chi connectivity index (χ3n) is 2.71. The Labute approximate surface area is 155 Å². The van der Waals surface area contributed by atoms with Gasteiger partial charge in [0.1, 0.15) is 6.61 Å². The summed E-state index contributed by atoms with van der Waals surface area (Å²) in [5, 5.41) is -4.94. The molecule has 0 rings (SSSR count). The van der Waals surface area contributed by atoms with Crippen LogP contribution >= 0.6 is 0 Å². The molecule has 0 aliphatic carbocycles. The lowest BCUT2D eigenvalue weighted by Crippen LogP contribution is -2.58. The Balaban J connectivity index is 5.91. The molecule has 0 aliphatic rings. The van der Waals surface area contributed by atoms with Crippen molar-refractivity contribution in [3.63, 3.8) is 0 Å². The Kier molecular flexibility index (Phi) is 8.24. The van der Waals surface area contributed by atoms with Crippen LogP contribution in [0.3, 0.4) is 0 Å². The van der Waals surface area contributed by atoms with Gasteiger partial charge in [0.2, 0.25) is 0 Å². The molecule has 0 radical (unpaired) electrons. The molecule has 28 heavy (non-hydrogen) atoms. The number of carbonyl (C=O) groups excluding carboxylic acids is 3. The highest BCUT2D eigenvalue weighted by Crippen LogP contribution is 2.38. The van der Waals surface area contributed by atoms with Crippen LogP contribution in [0, 0.1) is 0 Å². The van der Waals surface area contributed by atoms with E-state index in [0.29, 0.717) is 0 Å². The summed E-state index contributed by atoms with van der Waals surface area (Å²) in [4.78, 5) is 34.1. The predicted octanol–water partition coefficient (Wildman–Crippen LogP) is 1.38. The van der Waals surface area contributed by atoms with Crippen molar-refractivity contribution in [2.45, 2.75) is 37.5 Å². The van der Waals surface area contributed by atoms with Crippen LogP contribution in [0.5, 0.6) is 0 Å². The average Bonchev–Trinajstić information content (AvgIpc) is 2.48. The van der Waals surface area contributed by atoms with E-state index < -0.39 is 70.3 Å². The molecule has 0 aromatic carbocycles. The minimum Gasteiger partial charge on any atom is -0.453 e. The lowest BCUT2D eigenvalue weighted by molar-refractivity contribution is -0.355. The summed E-state index contributed by atoms with van der Waals surface area (Å²) in [7, 11) is -6.01. The van der Waals surface area contributed by atoms with Gasteiger partial charge in [-0.05, 0) is 13.8 Å². The van der Waals surface area contributed by atoms with E-state index in [0.717, 1.165) is 13.8 Å². The van der Waals surface area contributed by atoms with E-state index >= 15 is 0 Å². The number of hydrogen-bond acceptors (Lipinski definition) is 8. The van der Waals surface area contributed by atoms with Crippen LogP contribution in [0.25, 0.3) is 0 Å². The van der Waals surface area contributed by atoms with Crippen LogP contribution in [0.4, 0.5) is 22.0 Å². The van der Waals surface area contributed by atoms with Gasteiger partial charge in [-0.3, -0.25) is 9.35 Å². The van der Waals surface area contributed by atoms with E-state index in [2.05, 4.69) is 20.8 Å². The van der Waals surface area contributed by atoms with Crippen LogP contribution in [0.15, 0.2) is 12.2 Å². The standard InChI is InChI=1S/C13H15F5O9S/c1-7(2)9(20)27-12(13(16,17)18,10(21)25-6-8(3)19)26-5-4-11(14,15)28(22,23)24/h1,4-6H2,2-3H3,(H,22,23,24). The topological polar surface area (TPSA) is 133 Å². The van der Waals surface area contributed by atoms with Crippen molar-refractivity contribution in [1.29, 1.82) is 0 Å². The number of alkyl halides is 5. The van der Waals surface area contributed by atoms with Gasteiger partial charge in [0, 0.05) is 5.57 Å². The van der Waals surface area contributed by atoms with Crippen molar-refractivity contribution in [2.75, 3.05) is 13.2 Å². The number of rotatable bonds is 10. The second-order valence-electron chi connectivity index (χ2n) is 5.27. The fraction of sp³-hybridized carbons (Fsp3) is 0.615. The largest absolute Gasteiger partial charge is 0.468 e. The zero-order valence-corrected chi connectivity index (χ0v) is 15.2. The Morgan fingerprint density at radius 3 is 1.93 bits per heavy atom. The Morgan fingerprint density at radius 1 is 1.07 bits per heavy atom. The summed E-state index contributed by atoms with van der Waals surface area (Å²) in [5.74, 6) is -9.85. The Morgan fingerprint density at radius 2 is 1.57 bits per heavy atom. The molecule has 1 unspecified atom stereocenters. The maximum atomic E-state index is 13.5. The number of ether oxygens (including phenoxy) is 3. The van der Waals surface area contributed by atoms with Gasteiger partial charge in [-0.25, -0.2) is 9.59 Å². The second-order valence-corrected chi connectivity index (χ2v) is 6.82. The monoisotopic (exact) mass is 442 g/mol. The van der Waals surface area contributed by atoms with Crippen molar-refractivity contribution >= 4 is 27.8 Å². The molecule has 1 atom stereocenters. The molecule has 162 valence electrons. The first-order valence-electron chi connectivity index (χ1n) is 6.98. The van der Waals surface area contributed by atoms with Gasteiger partial charge in [-0.1, -0.05) is 6.58 Å². The molecule has 0 fully saturated rings. The summed E-state index contributed by atoms with van der Waals surface area (Å²) in [5.41, 5.74) is -0.653. The fourth-order valence-electron chi connectivity index (χ4n) is 1.31. The van der Waals surface area contributed by atoms with E-state index in [1.807, 2.05) is 0 Å². The van der Waals surface area contributed by atoms with Crippen LogP contribution in [0.1, 0.15) is 20.3 Å². The highest BCUT2D eigenvalue weighted by molar-refractivity contribution is 7.86. The zero-order valence-electron chi connectivity index (χ0n) is 14.3. The van der Waals surface area contributed by atoms with Gasteiger partial charge in [-0.2, -0.15) is 30.4 Å². The van der Waals surface area contributed by atoms with Crippen molar-refractivity contribution in [3.8, 4) is 0 Å². The maximum absolute atomic E-state index is 13.5. The molecule has 0 spiro atoms. The highest BCUT2D eigenvalue weighted by Gasteiger charge is 2.68. The summed E-state index contributed by atoms with van der Waals surface area (Å²) >= 11 is 0. The lowest BCUT2D eigenvalue weighted by Gasteiger charge is -2.32. The molecule has 0 saturated heterocycles. The molecular weight excluding hydrogens is 427 g/mol. The third-order valence-corrected chi connectivity index (χ3v) is 3.67. The van der Waals surface area contributed by atoms with Gasteiger partial charge >= 0.3 is 39.3 Å². The number of halogens is 5. The molecule has 0 aromatic heterocycles. The van der Waals surface area contributed by atoms with Gasteiger partial charge in [0.05, 0.1) is 13.0 Å². The molecule has 9 nitrogen and oxygen atoms in total. The van der Waals surface area contributed by atoms with Gasteiger partial charge in [0.25, 0.3) is 0 Å². The smallest absolute Gasteiger partial charge is 0.453 e. The van der Waals surface area contributed by atoms with Crippen LogP contribution in [-0.4, -0.2) is 61.1 Å². The SMILES string of the molecule is C=C(C)C(=O)OC(OCCC(F)(F)S(=O)(=O)O)(C(=O)OCC(C)=O)C(F)(F)F. The number of Topliss-reactive ketones (excluding diaryl/α,β-unsaturated/α-hetero) is 1. The number of carbonyl (C=O) groups is 3. The second kappa shape index (κ2) is 8.91. The third kappa shape index (κ3) is 6.49. The van der Waals surface area contributed by atoms with Gasteiger partial charge < -0.3 is 14.2 Å². The van der Waals surface area contributed by atoms with Crippen LogP contribution < -0.4 is 0 Å². The number of ketones is 1. The molecule has 0 aliphatic heterocycles. The molecule has 0 amide bonds. The van der Waals surface area contributed by atoms with Crippen molar-refractivity contribution in [2.24, 2.45) is 0 Å². The van der Waals surface area contributed by atoms with Gasteiger partial charge in [-0.15, -0.1) is 0 Å². The Hall–Kier alpha value is -2.13. The first-order valence-corrected chi connectivity index (χ1v) is 8.42. The molecule has 1 N–H and O–H groups in total. The molecular formula is C13H15F5O9S. The molecule has 0 bridgehead atoms. The number of hydrogen-bond donors (Lipinski definition) is 1. The minimum absolute atomic E-state index is 0.653. The summed E-state index contributed by atoms with van der Waals surface area (Å²) in [6.45, 7) is 1.64. The molecule has 15 heteroatoms. The average molecular weight is 442 g/mol. The van der Waals surface area contributed by atoms with Crippen LogP contribution in [0.2, 0.25) is 0 Å². The van der Waals surface area contributed by atoms with Gasteiger partial charge in [0.15, 0.2) is 5.78 Å². The van der Waals surface area contributed by atoms with E-state index in [1.54, 1.807) is 0 Å². The molecule has 0 aromatic rings. The van der Waals surface area contributed by atoms with Crippen molar-refractivity contribution in [1.82, 2.24) is 0 Å². The van der Waals surface area contributed by atoms with E-state index in [-0.39, 0.29) is 0 Å². The minimum atomic E-state index is -6.01. The normalized spacial score (nSPS) is 14.7. The fourth-order valence-corrected chi connectivity index (χ4v) is 1.65. The summed E-state index contributed by atoms with van der Waals surface area (Å²) < 4.78 is 108. The van der Waals surface area contributed by atoms with E-state index in [1.165, 1.54) is 0 Å². The predicted molar refractivity (Wildman–Crippen MR) is 78.4 cm³/mol. The van der Waals surface area contributed by atoms with Crippen molar-refractivity contribution < 1.29 is 63.5 Å². The molecule has 0 heterocycles. The van der Waals surface area contributed by atoms with E-state index in [4.69, 9.17) is 4.55 Å². The Bertz CT molecular complexity index is 744. The first kappa shape index (κ1) is 25.9. The first-order chi connectivity index (χ1) is 12.4.